The summed E-state index contributed by atoms with van der Waals surface area (Å²) in [4.78, 5) is 11.7. The third kappa shape index (κ3) is 4.24. The Bertz CT molecular complexity index is 890. The van der Waals surface area contributed by atoms with E-state index in [0.29, 0.717) is 11.6 Å². The smallest absolute Gasteiger partial charge is 0.459 e. The Morgan fingerprint density at radius 2 is 1.82 bits per heavy atom. The molecule has 0 atom stereocenters. The van der Waals surface area contributed by atoms with Crippen LogP contribution in [0.25, 0.3) is 5.69 Å². The summed E-state index contributed by atoms with van der Waals surface area (Å²) in [6.45, 7) is 1.63. The van der Waals surface area contributed by atoms with Crippen molar-refractivity contribution in [3.8, 4) is 11.4 Å². The van der Waals surface area contributed by atoms with Crippen molar-refractivity contribution in [1.29, 1.82) is 0 Å². The van der Waals surface area contributed by atoms with Crippen LogP contribution < -0.4 is 4.74 Å². The van der Waals surface area contributed by atoms with E-state index in [2.05, 4.69) is 9.84 Å². The van der Waals surface area contributed by atoms with Crippen LogP contribution in [0.15, 0.2) is 42.5 Å². The zero-order valence-corrected chi connectivity index (χ0v) is 14.9. The standard InChI is InChI=1S/C17H15F5N2O4/c1-10-4-5-11(8-12(10)28-13(9-26-2)15(25)27-3)24-7-6-14(23-24)16(18,19)17(20,21)22/h4-9H,1-3H3/b13-9-. The van der Waals surface area contributed by atoms with Crippen LogP contribution >= 0.6 is 0 Å². The van der Waals surface area contributed by atoms with E-state index in [-0.39, 0.29) is 17.2 Å². The van der Waals surface area contributed by atoms with Gasteiger partial charge in [0.05, 0.1) is 19.9 Å². The first-order valence-corrected chi connectivity index (χ1v) is 7.62. The topological polar surface area (TPSA) is 62.6 Å². The average molecular weight is 406 g/mol. The van der Waals surface area contributed by atoms with Crippen LogP contribution in [0.2, 0.25) is 0 Å². The Labute approximate surface area is 156 Å². The summed E-state index contributed by atoms with van der Waals surface area (Å²) >= 11 is 0. The number of alkyl halides is 5. The Morgan fingerprint density at radius 3 is 2.39 bits per heavy atom. The molecule has 0 amide bonds. The van der Waals surface area contributed by atoms with Gasteiger partial charge in [-0.05, 0) is 24.6 Å². The number of methoxy groups -OCH3 is 2. The zero-order valence-electron chi connectivity index (χ0n) is 14.9. The molecule has 1 heterocycles. The number of benzene rings is 1. The third-order valence-electron chi connectivity index (χ3n) is 3.53. The molecule has 0 unspecified atom stereocenters. The minimum absolute atomic E-state index is 0.117. The van der Waals surface area contributed by atoms with Crippen LogP contribution in [0.1, 0.15) is 11.3 Å². The van der Waals surface area contributed by atoms with Crippen LogP contribution in [0.4, 0.5) is 22.0 Å². The number of rotatable bonds is 6. The number of hydrogen-bond donors (Lipinski definition) is 0. The third-order valence-corrected chi connectivity index (χ3v) is 3.53. The molecule has 0 fully saturated rings. The molecule has 152 valence electrons. The molecule has 0 aliphatic heterocycles. The number of ether oxygens (including phenoxy) is 3. The van der Waals surface area contributed by atoms with Crippen molar-refractivity contribution >= 4 is 5.97 Å². The van der Waals surface area contributed by atoms with Crippen molar-refractivity contribution in [2.24, 2.45) is 0 Å². The number of aryl methyl sites for hydroxylation is 1. The molecule has 6 nitrogen and oxygen atoms in total. The fourth-order valence-electron chi connectivity index (χ4n) is 2.06. The van der Waals surface area contributed by atoms with Gasteiger partial charge in [-0.25, -0.2) is 9.48 Å². The first kappa shape index (κ1) is 21.2. The Balaban J connectivity index is 2.39. The van der Waals surface area contributed by atoms with Crippen molar-refractivity contribution in [3.63, 3.8) is 0 Å². The molecule has 2 aromatic rings. The minimum Gasteiger partial charge on any atom is -0.500 e. The molecule has 0 N–H and O–H groups in total. The second-order valence-electron chi connectivity index (χ2n) is 5.48. The van der Waals surface area contributed by atoms with Crippen molar-refractivity contribution in [2.45, 2.75) is 19.0 Å². The van der Waals surface area contributed by atoms with Gasteiger partial charge in [0.1, 0.15) is 17.7 Å². The van der Waals surface area contributed by atoms with Crippen molar-refractivity contribution in [1.82, 2.24) is 9.78 Å². The maximum Gasteiger partial charge on any atom is 0.459 e. The van der Waals surface area contributed by atoms with Gasteiger partial charge in [-0.2, -0.15) is 27.1 Å². The highest BCUT2D eigenvalue weighted by atomic mass is 19.4. The highest BCUT2D eigenvalue weighted by Gasteiger charge is 2.60. The molecule has 2 rings (SSSR count). The Morgan fingerprint density at radius 1 is 1.14 bits per heavy atom. The number of aromatic nitrogens is 2. The van der Waals surface area contributed by atoms with E-state index in [0.717, 1.165) is 24.3 Å². The van der Waals surface area contributed by atoms with Crippen molar-refractivity contribution < 1.29 is 41.0 Å². The zero-order chi connectivity index (χ0) is 21.1. The normalized spacial score (nSPS) is 12.6. The maximum absolute atomic E-state index is 13.4. The van der Waals surface area contributed by atoms with Gasteiger partial charge in [0.2, 0.25) is 5.76 Å². The SMILES string of the molecule is CO/C=C(\Oc1cc(-n2ccc(C(F)(F)C(F)(F)F)n2)ccc1C)C(=O)OC. The highest BCUT2D eigenvalue weighted by molar-refractivity contribution is 5.86. The minimum atomic E-state index is -5.77. The summed E-state index contributed by atoms with van der Waals surface area (Å²) in [6.07, 6.45) is -3.82. The molecule has 0 aliphatic rings. The summed E-state index contributed by atoms with van der Waals surface area (Å²) in [5.74, 6) is -6.11. The molecule has 0 saturated heterocycles. The quantitative estimate of drug-likeness (QED) is 0.315. The lowest BCUT2D eigenvalue weighted by molar-refractivity contribution is -0.291. The Kier molecular flexibility index (Phi) is 5.95. The predicted molar refractivity (Wildman–Crippen MR) is 86.0 cm³/mol. The second kappa shape index (κ2) is 7.87. The van der Waals surface area contributed by atoms with E-state index in [9.17, 15) is 26.7 Å². The van der Waals surface area contributed by atoms with Gasteiger partial charge >= 0.3 is 18.1 Å². The summed E-state index contributed by atoms with van der Waals surface area (Å²) in [5.41, 5.74) is -0.772. The van der Waals surface area contributed by atoms with E-state index in [1.54, 1.807) is 6.92 Å². The molecule has 1 aromatic carbocycles. The first-order chi connectivity index (χ1) is 13.0. The number of hydrogen-bond acceptors (Lipinski definition) is 5. The van der Waals surface area contributed by atoms with Crippen molar-refractivity contribution in [2.75, 3.05) is 14.2 Å². The number of halogens is 5. The fraction of sp³-hybridized carbons (Fsp3) is 0.294. The second-order valence-corrected chi connectivity index (χ2v) is 5.48. The van der Waals surface area contributed by atoms with Crippen molar-refractivity contribution in [3.05, 3.63) is 53.7 Å². The van der Waals surface area contributed by atoms with Gasteiger partial charge in [0.15, 0.2) is 0 Å². The number of esters is 1. The van der Waals surface area contributed by atoms with Crippen LogP contribution in [-0.4, -0.2) is 36.1 Å². The average Bonchev–Trinajstić information content (AvgIpc) is 3.12. The monoisotopic (exact) mass is 406 g/mol. The Hall–Kier alpha value is -3.11. The molecule has 0 aliphatic carbocycles. The fourth-order valence-corrected chi connectivity index (χ4v) is 2.06. The number of nitrogens with zero attached hydrogens (tertiary/aromatic N) is 2. The molecule has 1 aromatic heterocycles. The molecule has 11 heteroatoms. The van der Waals surface area contributed by atoms with Gasteiger partial charge in [0, 0.05) is 12.3 Å². The molecule has 0 bridgehead atoms. The van der Waals surface area contributed by atoms with Gasteiger partial charge < -0.3 is 14.2 Å². The maximum atomic E-state index is 13.4. The molecule has 0 saturated carbocycles. The van der Waals surface area contributed by atoms with Gasteiger partial charge in [-0.1, -0.05) is 6.07 Å². The summed E-state index contributed by atoms with van der Waals surface area (Å²) in [6, 6.07) is 4.82. The number of carbonyl (C=O) groups excluding carboxylic acids is 1. The van der Waals surface area contributed by atoms with Crippen LogP contribution in [0, 0.1) is 6.92 Å². The summed E-state index contributed by atoms with van der Waals surface area (Å²) in [5, 5.41) is 3.32. The van der Waals surface area contributed by atoms with Gasteiger partial charge in [-0.15, -0.1) is 0 Å². The lowest BCUT2D eigenvalue weighted by atomic mass is 10.2. The van der Waals surface area contributed by atoms with Crippen LogP contribution in [0.5, 0.6) is 5.75 Å². The molecular weight excluding hydrogens is 391 g/mol. The van der Waals surface area contributed by atoms with E-state index >= 15 is 0 Å². The lowest BCUT2D eigenvalue weighted by Gasteiger charge is -2.17. The summed E-state index contributed by atoms with van der Waals surface area (Å²) in [7, 11) is 2.41. The van der Waals surface area contributed by atoms with Crippen LogP contribution in [-0.2, 0) is 20.2 Å². The predicted octanol–water partition coefficient (Wildman–Crippen LogP) is 3.87. The van der Waals surface area contributed by atoms with E-state index in [4.69, 9.17) is 9.47 Å². The summed E-state index contributed by atoms with van der Waals surface area (Å²) < 4.78 is 79.8. The molecular formula is C17H15F5N2O4. The van der Waals surface area contributed by atoms with Gasteiger partial charge in [0.25, 0.3) is 0 Å². The lowest BCUT2D eigenvalue weighted by Crippen LogP contribution is -2.34. The molecule has 0 radical (unpaired) electrons. The van der Waals surface area contributed by atoms with Gasteiger partial charge in [-0.3, -0.25) is 0 Å². The van der Waals surface area contributed by atoms with E-state index < -0.39 is 23.8 Å². The largest absolute Gasteiger partial charge is 0.500 e. The first-order valence-electron chi connectivity index (χ1n) is 7.62. The molecule has 0 spiro atoms. The van der Waals surface area contributed by atoms with Crippen LogP contribution in [0.3, 0.4) is 0 Å². The number of carbonyl (C=O) groups is 1. The van der Waals surface area contributed by atoms with E-state index in [1.807, 2.05) is 0 Å². The highest BCUT2D eigenvalue weighted by Crippen LogP contribution is 2.43. The van der Waals surface area contributed by atoms with E-state index in [1.165, 1.54) is 25.3 Å². The molecule has 28 heavy (non-hydrogen) atoms.